The first-order valence-electron chi connectivity index (χ1n) is 11.0. The largest absolute Gasteiger partial charge is 0.411 e. The van der Waals surface area contributed by atoms with Gasteiger partial charge in [0.2, 0.25) is 0 Å². The number of benzene rings is 1. The van der Waals surface area contributed by atoms with Crippen LogP contribution in [0, 0.1) is 11.3 Å². The van der Waals surface area contributed by atoms with Gasteiger partial charge in [-0.2, -0.15) is 0 Å². The summed E-state index contributed by atoms with van der Waals surface area (Å²) < 4.78 is 2.42. The molecule has 2 aliphatic rings. The molecule has 0 bridgehead atoms. The average Bonchev–Trinajstić information content (AvgIpc) is 3.07. The molecule has 4 rings (SSSR count). The Hall–Kier alpha value is -1.81. The van der Waals surface area contributed by atoms with Crippen LogP contribution in [-0.2, 0) is 0 Å². The predicted molar refractivity (Wildman–Crippen MR) is 116 cm³/mol. The van der Waals surface area contributed by atoms with Gasteiger partial charge in [-0.3, -0.25) is 0 Å². The van der Waals surface area contributed by atoms with Gasteiger partial charge in [-0.15, -0.1) is 0 Å². The second-order valence-corrected chi connectivity index (χ2v) is 9.89. The van der Waals surface area contributed by atoms with Crippen LogP contribution in [0.2, 0.25) is 0 Å². The van der Waals surface area contributed by atoms with E-state index in [-0.39, 0.29) is 0 Å². The maximum absolute atomic E-state index is 9.00. The van der Waals surface area contributed by atoms with E-state index in [0.717, 1.165) is 17.5 Å². The Bertz CT molecular complexity index is 816. The molecule has 0 amide bonds. The highest BCUT2D eigenvalue weighted by Crippen LogP contribution is 2.40. The van der Waals surface area contributed by atoms with Crippen molar-refractivity contribution in [2.45, 2.75) is 71.4 Å². The number of likely N-dealkylation sites (tertiary alicyclic amines) is 1. The molecule has 0 atom stereocenters. The molecule has 1 aromatic carbocycles. The average molecular weight is 382 g/mol. The normalized spacial score (nSPS) is 25.7. The van der Waals surface area contributed by atoms with Gasteiger partial charge in [0.05, 0.1) is 6.21 Å². The number of aromatic nitrogens is 1. The first kappa shape index (κ1) is 19.5. The zero-order valence-corrected chi connectivity index (χ0v) is 17.6. The number of hydrogen-bond donors (Lipinski definition) is 1. The van der Waals surface area contributed by atoms with Crippen molar-refractivity contribution in [3.05, 3.63) is 36.0 Å². The lowest BCUT2D eigenvalue weighted by molar-refractivity contribution is 0.0723. The summed E-state index contributed by atoms with van der Waals surface area (Å²) in [7, 11) is 0. The van der Waals surface area contributed by atoms with Crippen LogP contribution in [0.1, 0.15) is 70.9 Å². The molecule has 1 aromatic heterocycles. The third kappa shape index (κ3) is 3.84. The van der Waals surface area contributed by atoms with Crippen LogP contribution in [0.15, 0.2) is 35.6 Å². The van der Waals surface area contributed by atoms with Gasteiger partial charge in [-0.25, -0.2) is 0 Å². The summed E-state index contributed by atoms with van der Waals surface area (Å²) in [4.78, 5) is 2.76. The van der Waals surface area contributed by atoms with Crippen molar-refractivity contribution in [1.29, 1.82) is 0 Å². The molecule has 4 heteroatoms. The van der Waals surface area contributed by atoms with E-state index in [9.17, 15) is 0 Å². The summed E-state index contributed by atoms with van der Waals surface area (Å²) in [5, 5.41) is 13.4. The predicted octanol–water partition coefficient (Wildman–Crippen LogP) is 5.69. The van der Waals surface area contributed by atoms with E-state index >= 15 is 0 Å². The molecule has 2 heterocycles. The fourth-order valence-electron chi connectivity index (χ4n) is 5.54. The summed E-state index contributed by atoms with van der Waals surface area (Å²) in [5.41, 5.74) is 2.71. The summed E-state index contributed by atoms with van der Waals surface area (Å²) in [6, 6.07) is 9.78. The van der Waals surface area contributed by atoms with E-state index in [1.165, 1.54) is 62.5 Å². The minimum Gasteiger partial charge on any atom is -0.411 e. The molecule has 0 unspecified atom stereocenters. The molecular weight excluding hydrogens is 346 g/mol. The molecule has 1 N–H and O–H groups in total. The highest BCUT2D eigenvalue weighted by atomic mass is 16.4. The van der Waals surface area contributed by atoms with Gasteiger partial charge in [0.25, 0.3) is 0 Å². The van der Waals surface area contributed by atoms with E-state index in [0.29, 0.717) is 11.5 Å². The van der Waals surface area contributed by atoms with Gasteiger partial charge in [-0.1, -0.05) is 44.1 Å². The van der Waals surface area contributed by atoms with Gasteiger partial charge >= 0.3 is 0 Å². The second-order valence-electron chi connectivity index (χ2n) is 9.89. The number of nitrogens with zero attached hydrogens (tertiary/aromatic N) is 3. The van der Waals surface area contributed by atoms with Crippen molar-refractivity contribution in [3.63, 3.8) is 0 Å². The lowest BCUT2D eigenvalue weighted by Crippen LogP contribution is -2.44. The van der Waals surface area contributed by atoms with Crippen LogP contribution in [0.4, 0.5) is 0 Å². The Morgan fingerprint density at radius 1 is 0.964 bits per heavy atom. The number of oxime groups is 1. The molecule has 2 aromatic rings. The Morgan fingerprint density at radius 2 is 1.64 bits per heavy atom. The zero-order chi connectivity index (χ0) is 19.7. The summed E-state index contributed by atoms with van der Waals surface area (Å²) in [6.07, 6.45) is 11.6. The Morgan fingerprint density at radius 3 is 2.29 bits per heavy atom. The van der Waals surface area contributed by atoms with Gasteiger partial charge in [-0.05, 0) is 55.9 Å². The quantitative estimate of drug-likeness (QED) is 0.421. The van der Waals surface area contributed by atoms with Crippen LogP contribution < -0.4 is 0 Å². The first-order valence-corrected chi connectivity index (χ1v) is 11.0. The van der Waals surface area contributed by atoms with E-state index in [1.807, 2.05) is 0 Å². The summed E-state index contributed by atoms with van der Waals surface area (Å²) >= 11 is 0. The first-order chi connectivity index (χ1) is 13.5. The lowest BCUT2D eigenvalue weighted by Gasteiger charge is -2.43. The highest BCUT2D eigenvalue weighted by molar-refractivity contribution is 5.99. The van der Waals surface area contributed by atoms with Crippen LogP contribution in [0.5, 0.6) is 0 Å². The lowest BCUT2D eigenvalue weighted by atomic mass is 9.71. The van der Waals surface area contributed by atoms with Gasteiger partial charge in [0.1, 0.15) is 0 Å². The molecule has 0 radical (unpaired) electrons. The van der Waals surface area contributed by atoms with E-state index in [1.54, 1.807) is 6.21 Å². The number of piperidine rings is 1. The standard InChI is InChI=1S/C24H35N3O/c1-24(2,3)19-8-10-20(11-9-19)26-14-12-21(13-15-26)27-17-18(16-25-28)22-6-4-5-7-23(22)27/h4-7,16-17,19-21,28H,8-15H2,1-3H3. The molecule has 152 valence electrons. The van der Waals surface area contributed by atoms with Crippen molar-refractivity contribution in [2.75, 3.05) is 13.1 Å². The van der Waals surface area contributed by atoms with Gasteiger partial charge in [0, 0.05) is 47.8 Å². The van der Waals surface area contributed by atoms with E-state index in [4.69, 9.17) is 5.21 Å². The SMILES string of the molecule is CC(C)(C)C1CCC(N2CCC(n3cc(C=NO)c4ccccc43)CC2)CC1. The molecule has 4 nitrogen and oxygen atoms in total. The summed E-state index contributed by atoms with van der Waals surface area (Å²) in [6.45, 7) is 9.61. The topological polar surface area (TPSA) is 40.8 Å². The minimum atomic E-state index is 0.461. The monoisotopic (exact) mass is 381 g/mol. The molecule has 1 aliphatic heterocycles. The molecule has 0 spiro atoms. The van der Waals surface area contributed by atoms with Crippen molar-refractivity contribution in [3.8, 4) is 0 Å². The van der Waals surface area contributed by atoms with Crippen LogP contribution in [0.25, 0.3) is 10.9 Å². The van der Waals surface area contributed by atoms with Crippen LogP contribution in [-0.4, -0.2) is 40.0 Å². The fraction of sp³-hybridized carbons (Fsp3) is 0.625. The number of para-hydroxylation sites is 1. The third-order valence-electron chi connectivity index (χ3n) is 7.30. The summed E-state index contributed by atoms with van der Waals surface area (Å²) in [5.74, 6) is 0.888. The molecular formula is C24H35N3O. The molecule has 1 saturated heterocycles. The van der Waals surface area contributed by atoms with Crippen molar-refractivity contribution >= 4 is 17.1 Å². The maximum atomic E-state index is 9.00. The molecule has 28 heavy (non-hydrogen) atoms. The van der Waals surface area contributed by atoms with Gasteiger partial charge in [0.15, 0.2) is 0 Å². The van der Waals surface area contributed by atoms with Crippen LogP contribution >= 0.6 is 0 Å². The Labute approximate surface area is 169 Å². The maximum Gasteiger partial charge on any atom is 0.0755 e. The number of fused-ring (bicyclic) bond motifs is 1. The van der Waals surface area contributed by atoms with E-state index < -0.39 is 0 Å². The van der Waals surface area contributed by atoms with Crippen molar-refractivity contribution in [2.24, 2.45) is 16.5 Å². The van der Waals surface area contributed by atoms with E-state index in [2.05, 4.69) is 65.9 Å². The van der Waals surface area contributed by atoms with Gasteiger partial charge < -0.3 is 14.7 Å². The van der Waals surface area contributed by atoms with Crippen LogP contribution in [0.3, 0.4) is 0 Å². The number of hydrogen-bond acceptors (Lipinski definition) is 3. The smallest absolute Gasteiger partial charge is 0.0755 e. The highest BCUT2D eigenvalue weighted by Gasteiger charge is 2.33. The van der Waals surface area contributed by atoms with Crippen molar-refractivity contribution < 1.29 is 5.21 Å². The second kappa shape index (κ2) is 7.90. The fourth-order valence-corrected chi connectivity index (χ4v) is 5.54. The number of rotatable bonds is 3. The molecule has 2 fully saturated rings. The minimum absolute atomic E-state index is 0.461. The molecule has 1 aliphatic carbocycles. The Balaban J connectivity index is 1.41. The van der Waals surface area contributed by atoms with Crippen molar-refractivity contribution in [1.82, 2.24) is 9.47 Å². The molecule has 1 saturated carbocycles. The Kier molecular flexibility index (Phi) is 5.50. The third-order valence-corrected chi connectivity index (χ3v) is 7.30. The zero-order valence-electron chi connectivity index (χ0n) is 17.6.